The topological polar surface area (TPSA) is 48.2 Å². The first kappa shape index (κ1) is 13.4. The van der Waals surface area contributed by atoms with Crippen LogP contribution in [-0.4, -0.2) is 10.1 Å². The van der Waals surface area contributed by atoms with E-state index < -0.39 is 0 Å². The van der Waals surface area contributed by atoms with Crippen molar-refractivity contribution in [3.63, 3.8) is 0 Å². The van der Waals surface area contributed by atoms with E-state index in [2.05, 4.69) is 10.1 Å². The maximum absolute atomic E-state index is 5.67. The number of ether oxygens (including phenoxy) is 1. The monoisotopic (exact) mass is 280 g/mol. The maximum Gasteiger partial charge on any atom is 0.258 e. The molecule has 106 valence electrons. The van der Waals surface area contributed by atoms with Gasteiger partial charge in [0.2, 0.25) is 5.82 Å². The molecule has 0 N–H and O–H groups in total. The fraction of sp³-hybridized carbons (Fsp3) is 0.176. The van der Waals surface area contributed by atoms with E-state index in [4.69, 9.17) is 9.26 Å². The number of hydrogen-bond acceptors (Lipinski definition) is 4. The minimum absolute atomic E-state index is 0.291. The zero-order chi connectivity index (χ0) is 14.7. The van der Waals surface area contributed by atoms with E-state index in [0.717, 1.165) is 22.4 Å². The zero-order valence-electron chi connectivity index (χ0n) is 12.0. The van der Waals surface area contributed by atoms with Crippen molar-refractivity contribution in [2.75, 3.05) is 0 Å². The minimum Gasteiger partial charge on any atom is -0.485 e. The van der Waals surface area contributed by atoms with Crippen LogP contribution >= 0.6 is 0 Å². The molecule has 0 bridgehead atoms. The first-order chi connectivity index (χ1) is 10.2. The van der Waals surface area contributed by atoms with Gasteiger partial charge in [0, 0.05) is 5.56 Å². The van der Waals surface area contributed by atoms with Crippen molar-refractivity contribution in [1.29, 1.82) is 0 Å². The maximum atomic E-state index is 5.67. The molecular weight excluding hydrogens is 264 g/mol. The molecule has 1 aromatic heterocycles. The lowest BCUT2D eigenvalue weighted by Crippen LogP contribution is -1.97. The van der Waals surface area contributed by atoms with Crippen LogP contribution in [0.25, 0.3) is 11.5 Å². The summed E-state index contributed by atoms with van der Waals surface area (Å²) in [6.45, 7) is 4.33. The summed E-state index contributed by atoms with van der Waals surface area (Å²) in [5, 5.41) is 3.96. The molecule has 1 heterocycles. The van der Waals surface area contributed by atoms with Crippen LogP contribution in [0.5, 0.6) is 5.75 Å². The zero-order valence-corrected chi connectivity index (χ0v) is 12.0. The standard InChI is InChI=1S/C17H16N2O2/c1-12-6-5-8-14(10-12)20-11-16-18-17(21-19-16)15-9-4-3-7-13(15)2/h3-10H,11H2,1-2H3. The number of aryl methyl sites for hydroxylation is 2. The second-order valence-electron chi connectivity index (χ2n) is 4.94. The molecule has 0 aliphatic rings. The van der Waals surface area contributed by atoms with Gasteiger partial charge in [0.25, 0.3) is 5.89 Å². The van der Waals surface area contributed by atoms with Gasteiger partial charge in [0.15, 0.2) is 6.61 Å². The molecule has 0 saturated carbocycles. The number of rotatable bonds is 4. The summed E-state index contributed by atoms with van der Waals surface area (Å²) in [7, 11) is 0. The number of nitrogens with zero attached hydrogens (tertiary/aromatic N) is 2. The van der Waals surface area contributed by atoms with Crippen molar-refractivity contribution in [2.45, 2.75) is 20.5 Å². The van der Waals surface area contributed by atoms with Crippen LogP contribution < -0.4 is 4.74 Å². The van der Waals surface area contributed by atoms with Crippen molar-refractivity contribution < 1.29 is 9.26 Å². The molecule has 2 aromatic carbocycles. The second-order valence-corrected chi connectivity index (χ2v) is 4.94. The van der Waals surface area contributed by atoms with E-state index in [-0.39, 0.29) is 0 Å². The van der Waals surface area contributed by atoms with Gasteiger partial charge < -0.3 is 9.26 Å². The quantitative estimate of drug-likeness (QED) is 0.726. The lowest BCUT2D eigenvalue weighted by molar-refractivity contribution is 0.287. The van der Waals surface area contributed by atoms with Crippen LogP contribution in [0, 0.1) is 13.8 Å². The smallest absolute Gasteiger partial charge is 0.258 e. The molecule has 0 unspecified atom stereocenters. The Morgan fingerprint density at radius 3 is 2.71 bits per heavy atom. The molecule has 0 aliphatic heterocycles. The highest BCUT2D eigenvalue weighted by Crippen LogP contribution is 2.21. The summed E-state index contributed by atoms with van der Waals surface area (Å²) in [6, 6.07) is 15.8. The third-order valence-electron chi connectivity index (χ3n) is 3.20. The Labute approximate surface area is 123 Å². The van der Waals surface area contributed by atoms with Crippen LogP contribution in [-0.2, 0) is 6.61 Å². The lowest BCUT2D eigenvalue weighted by atomic mass is 10.1. The Bertz CT molecular complexity index is 750. The fourth-order valence-electron chi connectivity index (χ4n) is 2.09. The fourth-order valence-corrected chi connectivity index (χ4v) is 2.09. The molecule has 0 radical (unpaired) electrons. The molecule has 21 heavy (non-hydrogen) atoms. The van der Waals surface area contributed by atoms with E-state index in [1.165, 1.54) is 0 Å². The highest BCUT2D eigenvalue weighted by atomic mass is 16.5. The molecule has 0 aliphatic carbocycles. The molecule has 4 heteroatoms. The summed E-state index contributed by atoms with van der Waals surface area (Å²) in [4.78, 5) is 4.38. The number of aromatic nitrogens is 2. The summed E-state index contributed by atoms with van der Waals surface area (Å²) < 4.78 is 11.0. The largest absolute Gasteiger partial charge is 0.485 e. The van der Waals surface area contributed by atoms with Crippen molar-refractivity contribution >= 4 is 0 Å². The molecule has 3 aromatic rings. The van der Waals surface area contributed by atoms with Gasteiger partial charge in [-0.3, -0.25) is 0 Å². The Morgan fingerprint density at radius 1 is 1.05 bits per heavy atom. The highest BCUT2D eigenvalue weighted by molar-refractivity contribution is 5.57. The third-order valence-corrected chi connectivity index (χ3v) is 3.20. The molecule has 0 amide bonds. The van der Waals surface area contributed by atoms with Gasteiger partial charge in [-0.25, -0.2) is 0 Å². The molecule has 0 fully saturated rings. The van der Waals surface area contributed by atoms with Crippen LogP contribution in [0.3, 0.4) is 0 Å². The Morgan fingerprint density at radius 2 is 1.90 bits per heavy atom. The lowest BCUT2D eigenvalue weighted by Gasteiger charge is -2.03. The van der Waals surface area contributed by atoms with Crippen LogP contribution in [0.4, 0.5) is 0 Å². The summed E-state index contributed by atoms with van der Waals surface area (Å²) in [5.41, 5.74) is 3.21. The van der Waals surface area contributed by atoms with Crippen molar-refractivity contribution in [3.05, 3.63) is 65.5 Å². The van der Waals surface area contributed by atoms with Crippen LogP contribution in [0.2, 0.25) is 0 Å². The SMILES string of the molecule is Cc1cccc(OCc2noc(-c3ccccc3C)n2)c1. The molecular formula is C17H16N2O2. The van der Waals surface area contributed by atoms with E-state index in [1.54, 1.807) is 0 Å². The Kier molecular flexibility index (Phi) is 3.69. The molecule has 0 spiro atoms. The predicted octanol–water partition coefficient (Wildman–Crippen LogP) is 3.93. The van der Waals surface area contributed by atoms with Crippen molar-refractivity contribution in [2.24, 2.45) is 0 Å². The summed E-state index contributed by atoms with van der Waals surface area (Å²) in [5.74, 6) is 1.86. The van der Waals surface area contributed by atoms with E-state index in [9.17, 15) is 0 Å². The highest BCUT2D eigenvalue weighted by Gasteiger charge is 2.11. The molecule has 4 nitrogen and oxygen atoms in total. The van der Waals surface area contributed by atoms with E-state index in [0.29, 0.717) is 18.3 Å². The summed E-state index contributed by atoms with van der Waals surface area (Å²) in [6.07, 6.45) is 0. The van der Waals surface area contributed by atoms with Crippen molar-refractivity contribution in [3.8, 4) is 17.2 Å². The van der Waals surface area contributed by atoms with Gasteiger partial charge in [-0.2, -0.15) is 4.98 Å². The van der Waals surface area contributed by atoms with E-state index in [1.807, 2.05) is 62.4 Å². The number of hydrogen-bond donors (Lipinski definition) is 0. The van der Waals surface area contributed by atoms with Crippen LogP contribution in [0.15, 0.2) is 53.1 Å². The average molecular weight is 280 g/mol. The Hall–Kier alpha value is -2.62. The second kappa shape index (κ2) is 5.79. The minimum atomic E-state index is 0.291. The average Bonchev–Trinajstić information content (AvgIpc) is 2.94. The van der Waals surface area contributed by atoms with Gasteiger partial charge >= 0.3 is 0 Å². The van der Waals surface area contributed by atoms with Gasteiger partial charge in [-0.15, -0.1) is 0 Å². The third kappa shape index (κ3) is 3.11. The Balaban J connectivity index is 1.72. The van der Waals surface area contributed by atoms with Gasteiger partial charge in [0.05, 0.1) is 0 Å². The van der Waals surface area contributed by atoms with Crippen LogP contribution in [0.1, 0.15) is 17.0 Å². The van der Waals surface area contributed by atoms with Crippen molar-refractivity contribution in [1.82, 2.24) is 10.1 Å². The van der Waals surface area contributed by atoms with Gasteiger partial charge in [-0.05, 0) is 43.2 Å². The molecule has 3 rings (SSSR count). The molecule has 0 saturated heterocycles. The normalized spacial score (nSPS) is 10.6. The van der Waals surface area contributed by atoms with E-state index >= 15 is 0 Å². The predicted molar refractivity (Wildman–Crippen MR) is 80.0 cm³/mol. The number of benzene rings is 2. The van der Waals surface area contributed by atoms with Gasteiger partial charge in [0.1, 0.15) is 5.75 Å². The first-order valence-electron chi connectivity index (χ1n) is 6.80. The molecule has 0 atom stereocenters. The summed E-state index contributed by atoms with van der Waals surface area (Å²) >= 11 is 0. The van der Waals surface area contributed by atoms with Gasteiger partial charge in [-0.1, -0.05) is 35.5 Å². The first-order valence-corrected chi connectivity index (χ1v) is 6.80.